The summed E-state index contributed by atoms with van der Waals surface area (Å²) in [6.07, 6.45) is 14.3. The summed E-state index contributed by atoms with van der Waals surface area (Å²) in [6, 6.07) is 25.7. The van der Waals surface area contributed by atoms with Gasteiger partial charge in [-0.3, -0.25) is 0 Å². The standard InChI is InChI=1S/C39H42N6/c1-37(2,31-17-11-19-33(40-31)44-25-27-13-9-15-29(35(27)42-44)38(3)21-5-6-22-38)32-18-12-20-34(41-32)45-26-28-14-10-16-30(36(28)43-45)39(4)23-7-8-24-39/h9-20,25-26H,5-8,21-24H2,1-4H3. The van der Waals surface area contributed by atoms with Crippen LogP contribution in [0.15, 0.2) is 85.2 Å². The van der Waals surface area contributed by atoms with Crippen LogP contribution in [-0.2, 0) is 16.2 Å². The maximum Gasteiger partial charge on any atom is 0.153 e. The first-order valence-electron chi connectivity index (χ1n) is 16.7. The summed E-state index contributed by atoms with van der Waals surface area (Å²) in [6.45, 7) is 9.19. The number of nitrogens with zero attached hydrogens (tertiary/aromatic N) is 6. The van der Waals surface area contributed by atoms with Crippen LogP contribution < -0.4 is 0 Å². The average Bonchev–Trinajstić information content (AvgIpc) is 3.87. The van der Waals surface area contributed by atoms with Crippen LogP contribution in [0.1, 0.15) is 102 Å². The number of hydrogen-bond acceptors (Lipinski definition) is 4. The van der Waals surface area contributed by atoms with E-state index in [4.69, 9.17) is 20.2 Å². The molecule has 0 atom stereocenters. The molecule has 2 aliphatic rings. The van der Waals surface area contributed by atoms with Crippen LogP contribution >= 0.6 is 0 Å². The fourth-order valence-electron chi connectivity index (χ4n) is 8.08. The summed E-state index contributed by atoms with van der Waals surface area (Å²) in [7, 11) is 0. The van der Waals surface area contributed by atoms with E-state index in [2.05, 4.69) is 101 Å². The van der Waals surface area contributed by atoms with Crippen molar-refractivity contribution in [2.45, 2.75) is 95.3 Å². The van der Waals surface area contributed by atoms with Gasteiger partial charge in [0.1, 0.15) is 0 Å². The van der Waals surface area contributed by atoms with E-state index in [-0.39, 0.29) is 10.8 Å². The molecule has 45 heavy (non-hydrogen) atoms. The zero-order chi connectivity index (χ0) is 30.8. The van der Waals surface area contributed by atoms with Crippen molar-refractivity contribution in [1.29, 1.82) is 0 Å². The first-order chi connectivity index (χ1) is 21.7. The summed E-state index contributed by atoms with van der Waals surface area (Å²) in [5, 5.41) is 12.6. The normalized spacial score (nSPS) is 17.9. The van der Waals surface area contributed by atoms with Gasteiger partial charge in [0, 0.05) is 28.6 Å². The van der Waals surface area contributed by atoms with Crippen molar-refractivity contribution in [2.75, 3.05) is 0 Å². The van der Waals surface area contributed by atoms with Gasteiger partial charge in [0.2, 0.25) is 0 Å². The lowest BCUT2D eigenvalue weighted by Crippen LogP contribution is -2.23. The minimum Gasteiger partial charge on any atom is -0.233 e. The Morgan fingerprint density at radius 1 is 0.556 bits per heavy atom. The van der Waals surface area contributed by atoms with Crippen molar-refractivity contribution in [2.24, 2.45) is 0 Å². The molecule has 4 aromatic heterocycles. The molecule has 0 aliphatic heterocycles. The second kappa shape index (κ2) is 10.4. The third-order valence-corrected chi connectivity index (χ3v) is 11.0. The highest BCUT2D eigenvalue weighted by Gasteiger charge is 2.34. The predicted octanol–water partition coefficient (Wildman–Crippen LogP) is 9.14. The third kappa shape index (κ3) is 4.68. The number of fused-ring (bicyclic) bond motifs is 2. The molecular formula is C39H42N6. The van der Waals surface area contributed by atoms with Gasteiger partial charge >= 0.3 is 0 Å². The lowest BCUT2D eigenvalue weighted by molar-refractivity contribution is 0.494. The van der Waals surface area contributed by atoms with Crippen LogP contribution in [0.4, 0.5) is 0 Å². The van der Waals surface area contributed by atoms with Gasteiger partial charge in [-0.25, -0.2) is 19.3 Å². The highest BCUT2D eigenvalue weighted by molar-refractivity contribution is 5.84. The zero-order valence-corrected chi connectivity index (χ0v) is 26.9. The Bertz CT molecular complexity index is 1890. The van der Waals surface area contributed by atoms with Crippen molar-refractivity contribution in [1.82, 2.24) is 29.5 Å². The molecule has 0 saturated heterocycles. The van der Waals surface area contributed by atoms with E-state index >= 15 is 0 Å². The summed E-state index contributed by atoms with van der Waals surface area (Å²) < 4.78 is 3.90. The molecule has 2 aliphatic carbocycles. The molecule has 0 radical (unpaired) electrons. The molecule has 0 bridgehead atoms. The number of hydrogen-bond donors (Lipinski definition) is 0. The molecule has 0 amide bonds. The maximum absolute atomic E-state index is 5.17. The molecule has 6 heteroatoms. The summed E-state index contributed by atoms with van der Waals surface area (Å²) in [5.41, 5.74) is 6.79. The van der Waals surface area contributed by atoms with Gasteiger partial charge in [0.05, 0.1) is 22.4 Å². The van der Waals surface area contributed by atoms with E-state index in [1.165, 1.54) is 62.5 Å². The number of aromatic nitrogens is 6. The first kappa shape index (κ1) is 28.2. The molecule has 2 fully saturated rings. The van der Waals surface area contributed by atoms with E-state index in [1.54, 1.807) is 0 Å². The fourth-order valence-corrected chi connectivity index (χ4v) is 8.08. The van der Waals surface area contributed by atoms with E-state index in [1.807, 2.05) is 21.5 Å². The maximum atomic E-state index is 5.17. The van der Waals surface area contributed by atoms with Crippen LogP contribution in [0.25, 0.3) is 33.4 Å². The third-order valence-electron chi connectivity index (χ3n) is 11.0. The van der Waals surface area contributed by atoms with E-state index in [9.17, 15) is 0 Å². The van der Waals surface area contributed by atoms with Crippen LogP contribution in [0.2, 0.25) is 0 Å². The van der Waals surface area contributed by atoms with Crippen molar-refractivity contribution >= 4 is 21.8 Å². The smallest absolute Gasteiger partial charge is 0.153 e. The molecule has 2 aromatic carbocycles. The average molecular weight is 595 g/mol. The first-order valence-corrected chi connectivity index (χ1v) is 16.7. The second-order valence-electron chi connectivity index (χ2n) is 14.6. The second-order valence-corrected chi connectivity index (χ2v) is 14.6. The predicted molar refractivity (Wildman–Crippen MR) is 181 cm³/mol. The van der Waals surface area contributed by atoms with Crippen molar-refractivity contribution in [3.8, 4) is 11.6 Å². The summed E-state index contributed by atoms with van der Waals surface area (Å²) >= 11 is 0. The van der Waals surface area contributed by atoms with Crippen molar-refractivity contribution in [3.05, 3.63) is 108 Å². The van der Waals surface area contributed by atoms with E-state index < -0.39 is 5.41 Å². The molecule has 4 heterocycles. The Balaban J connectivity index is 1.14. The lowest BCUT2D eigenvalue weighted by atomic mass is 9.80. The summed E-state index contributed by atoms with van der Waals surface area (Å²) in [5.74, 6) is 1.64. The monoisotopic (exact) mass is 594 g/mol. The molecule has 2 saturated carbocycles. The van der Waals surface area contributed by atoms with Crippen molar-refractivity contribution in [3.63, 3.8) is 0 Å². The molecule has 0 N–H and O–H groups in total. The number of rotatable bonds is 6. The Morgan fingerprint density at radius 3 is 1.38 bits per heavy atom. The zero-order valence-electron chi connectivity index (χ0n) is 26.9. The molecule has 0 spiro atoms. The highest BCUT2D eigenvalue weighted by Crippen LogP contribution is 2.44. The minimum absolute atomic E-state index is 0.198. The van der Waals surface area contributed by atoms with Gasteiger partial charge in [0.25, 0.3) is 0 Å². The van der Waals surface area contributed by atoms with Gasteiger partial charge in [-0.15, -0.1) is 0 Å². The number of pyridine rings is 2. The SMILES string of the molecule is CC1(c2cccc3cn(-c4cccc(C(C)(C)c5cccc(-n6cc7cccc(C8(C)CCCC8)c7n6)n5)n4)nc23)CCCC1. The Hall–Kier alpha value is -4.32. The topological polar surface area (TPSA) is 61.4 Å². The van der Waals surface area contributed by atoms with Gasteiger partial charge < -0.3 is 0 Å². The van der Waals surface area contributed by atoms with Gasteiger partial charge in [0.15, 0.2) is 11.6 Å². The van der Waals surface area contributed by atoms with Gasteiger partial charge in [-0.05, 0) is 85.8 Å². The van der Waals surface area contributed by atoms with Crippen LogP contribution in [-0.4, -0.2) is 29.5 Å². The van der Waals surface area contributed by atoms with Crippen LogP contribution in [0.3, 0.4) is 0 Å². The highest BCUT2D eigenvalue weighted by atomic mass is 15.3. The van der Waals surface area contributed by atoms with Gasteiger partial charge in [-0.2, -0.15) is 10.2 Å². The molecule has 6 aromatic rings. The van der Waals surface area contributed by atoms with Crippen LogP contribution in [0.5, 0.6) is 0 Å². The molecule has 228 valence electrons. The Morgan fingerprint density at radius 2 is 0.956 bits per heavy atom. The van der Waals surface area contributed by atoms with Crippen molar-refractivity contribution < 1.29 is 0 Å². The summed E-state index contributed by atoms with van der Waals surface area (Å²) in [4.78, 5) is 10.3. The Labute approximate surface area is 265 Å². The van der Waals surface area contributed by atoms with E-state index in [0.717, 1.165) is 44.8 Å². The van der Waals surface area contributed by atoms with Gasteiger partial charge in [-0.1, -0.05) is 88.1 Å². The van der Waals surface area contributed by atoms with E-state index in [0.29, 0.717) is 0 Å². The molecule has 0 unspecified atom stereocenters. The number of benzene rings is 2. The quantitative estimate of drug-likeness (QED) is 0.193. The largest absolute Gasteiger partial charge is 0.233 e. The Kier molecular flexibility index (Phi) is 6.49. The minimum atomic E-state index is -0.434. The van der Waals surface area contributed by atoms with Crippen LogP contribution in [0, 0.1) is 0 Å². The lowest BCUT2D eigenvalue weighted by Gasteiger charge is -2.25. The fraction of sp³-hybridized carbons (Fsp3) is 0.385. The molecule has 6 nitrogen and oxygen atoms in total. The molecular weight excluding hydrogens is 552 g/mol. The molecule has 8 rings (SSSR count).